The predicted octanol–water partition coefficient (Wildman–Crippen LogP) is 19.2. The Morgan fingerprint density at radius 1 is 0.422 bits per heavy atom. The number of likely N-dealkylation sites (N-methyl/N-ethyl adjacent to an activating group) is 1. The van der Waals surface area contributed by atoms with Crippen LogP contribution in [-0.2, 0) is 25.6 Å². The number of ketones is 1. The molecule has 19 heteroatoms. The molecule has 4 fully saturated rings. The highest BCUT2D eigenvalue weighted by atomic mass is 19.1. The summed E-state index contributed by atoms with van der Waals surface area (Å²) < 4.78 is 32.8. The number of pyridine rings is 1. The van der Waals surface area contributed by atoms with E-state index >= 15 is 0 Å². The normalized spacial score (nSPS) is 14.3. The van der Waals surface area contributed by atoms with Crippen molar-refractivity contribution in [3.63, 3.8) is 0 Å². The van der Waals surface area contributed by atoms with Gasteiger partial charge >= 0.3 is 6.09 Å². The van der Waals surface area contributed by atoms with Gasteiger partial charge in [-0.3, -0.25) is 34.2 Å². The van der Waals surface area contributed by atoms with Crippen LogP contribution in [0.25, 0.3) is 0 Å². The van der Waals surface area contributed by atoms with Gasteiger partial charge in [0.1, 0.15) is 6.61 Å². The Morgan fingerprint density at radius 2 is 0.819 bits per heavy atom. The average Bonchev–Trinajstić information content (AvgIpc) is 0.880. The number of anilines is 1. The molecule has 5 heterocycles. The van der Waals surface area contributed by atoms with E-state index in [-0.39, 0.29) is 36.0 Å². The molecule has 12 rings (SSSR count). The maximum Gasteiger partial charge on any atom is 0.411 e. The highest BCUT2D eigenvalue weighted by Gasteiger charge is 2.25. The van der Waals surface area contributed by atoms with E-state index in [0.717, 1.165) is 109 Å². The van der Waals surface area contributed by atoms with E-state index in [4.69, 9.17) is 18.9 Å². The van der Waals surface area contributed by atoms with Crippen molar-refractivity contribution in [3.05, 3.63) is 273 Å². The Labute approximate surface area is 692 Å². The number of morpholine rings is 2. The van der Waals surface area contributed by atoms with E-state index in [1.807, 2.05) is 184 Å². The second kappa shape index (κ2) is 50.7. The number of nitrogens with one attached hydrogen (secondary N) is 1. The third-order valence-electron chi connectivity index (χ3n) is 20.5. The van der Waals surface area contributed by atoms with Crippen LogP contribution in [0.15, 0.2) is 194 Å². The number of ether oxygens (including phenoxy) is 4. The topological polar surface area (TPSA) is 184 Å². The fourth-order valence-corrected chi connectivity index (χ4v) is 12.7. The zero-order valence-corrected chi connectivity index (χ0v) is 72.2. The number of amides is 5. The molecule has 116 heavy (non-hydrogen) atoms. The van der Waals surface area contributed by atoms with Crippen LogP contribution in [0.2, 0.25) is 0 Å². The largest absolute Gasteiger partial charge is 0.444 e. The summed E-state index contributed by atoms with van der Waals surface area (Å²) >= 11 is 0. The number of aryl methyl sites for hydroxylation is 1. The van der Waals surface area contributed by atoms with Gasteiger partial charge in [0.2, 0.25) is 5.95 Å². The quantitative estimate of drug-likeness (QED) is 0.0459. The summed E-state index contributed by atoms with van der Waals surface area (Å²) in [6, 6.07) is 60.8. The second-order valence-corrected chi connectivity index (χ2v) is 31.9. The number of halogens is 1. The van der Waals surface area contributed by atoms with Crippen LogP contribution < -0.4 is 5.32 Å². The third-order valence-corrected chi connectivity index (χ3v) is 20.5. The van der Waals surface area contributed by atoms with Gasteiger partial charge in [-0.25, -0.2) is 9.78 Å². The first-order valence-corrected chi connectivity index (χ1v) is 41.4. The molecule has 0 aliphatic carbocycles. The monoisotopic (exact) mass is 1590 g/mol. The Bertz CT molecular complexity index is 4180. The molecule has 4 saturated heterocycles. The maximum atomic E-state index is 12.3. The fraction of sp³-hybridized carbons (Fsp3) is 0.454. The van der Waals surface area contributed by atoms with Crippen molar-refractivity contribution < 1.29 is 52.1 Å². The van der Waals surface area contributed by atoms with Gasteiger partial charge in [0.25, 0.3) is 23.6 Å². The van der Waals surface area contributed by atoms with E-state index in [9.17, 15) is 33.2 Å². The first kappa shape index (κ1) is 95.1. The SMILES string of the molecule is CC(C)c1ccc(C(=O)N2CCN(C)CC2)cc1.CC(C)c1ccc(C(=O)N2CCOCC2)cc1.CC(C)c1ccc(F)nc1.CC(C)c1ccc(NC(=O)OCc2ccccc2)cc1.CC(C)c1cccc(C(=O)N2CCOCC2)c1.COCCCC(=O)c1ccc(C(C)C)cc1.Cc1cccc(C(=O)N2CCN(C(C)C)CC2)c1. The molecular weight excluding hydrogens is 1460 g/mol. The lowest BCUT2D eigenvalue weighted by atomic mass is 9.99. The molecule has 18 nitrogen and oxygen atoms in total. The lowest BCUT2D eigenvalue weighted by Gasteiger charge is -2.37. The number of Topliss-reactive ketones (excluding diaryl/α,β-unsaturated/α-hetero) is 1. The minimum atomic E-state index is -0.439. The van der Waals surface area contributed by atoms with Crippen LogP contribution in [-0.4, -0.2) is 202 Å². The van der Waals surface area contributed by atoms with Gasteiger partial charge < -0.3 is 43.4 Å². The Morgan fingerprint density at radius 3 is 1.23 bits per heavy atom. The number of methoxy groups -OCH3 is 1. The number of aromatic nitrogens is 1. The van der Waals surface area contributed by atoms with Crippen molar-refractivity contribution in [2.45, 2.75) is 165 Å². The van der Waals surface area contributed by atoms with Crippen molar-refractivity contribution in [1.82, 2.24) is 34.4 Å². The summed E-state index contributed by atoms with van der Waals surface area (Å²) in [4.78, 5) is 88.3. The van der Waals surface area contributed by atoms with E-state index in [0.29, 0.717) is 107 Å². The first-order valence-electron chi connectivity index (χ1n) is 41.4. The maximum absolute atomic E-state index is 12.3. The number of piperazine rings is 2. The van der Waals surface area contributed by atoms with Crippen LogP contribution in [0.5, 0.6) is 0 Å². The van der Waals surface area contributed by atoms with Crippen LogP contribution in [0.1, 0.15) is 242 Å². The Kier molecular flexibility index (Phi) is 41.5. The molecule has 1 aromatic heterocycles. The fourth-order valence-electron chi connectivity index (χ4n) is 12.7. The molecule has 0 atom stereocenters. The van der Waals surface area contributed by atoms with Gasteiger partial charge in [0, 0.05) is 144 Å². The summed E-state index contributed by atoms with van der Waals surface area (Å²) in [6.07, 6.45) is 2.49. The zero-order valence-electron chi connectivity index (χ0n) is 72.2. The summed E-state index contributed by atoms with van der Waals surface area (Å²) in [6.45, 7) is 45.6. The number of carbonyl (C=O) groups is 6. The molecule has 1 N–H and O–H groups in total. The molecule has 8 aromatic rings. The summed E-state index contributed by atoms with van der Waals surface area (Å²) in [5.41, 5.74) is 14.2. The van der Waals surface area contributed by atoms with Crippen LogP contribution in [0.3, 0.4) is 0 Å². The molecule has 7 aromatic carbocycles. The van der Waals surface area contributed by atoms with Gasteiger partial charge in [-0.15, -0.1) is 0 Å². The zero-order chi connectivity index (χ0) is 84.6. The van der Waals surface area contributed by atoms with Gasteiger partial charge in [0.05, 0.1) is 26.4 Å². The molecular formula is C97H131FN8O10. The van der Waals surface area contributed by atoms with Gasteiger partial charge in [-0.1, -0.05) is 210 Å². The third kappa shape index (κ3) is 33.5. The Balaban J connectivity index is 0.000000212. The van der Waals surface area contributed by atoms with Crippen molar-refractivity contribution in [2.24, 2.45) is 0 Å². The molecule has 0 saturated carbocycles. The van der Waals surface area contributed by atoms with Crippen LogP contribution in [0.4, 0.5) is 14.9 Å². The molecule has 626 valence electrons. The van der Waals surface area contributed by atoms with Crippen LogP contribution in [0, 0.1) is 12.9 Å². The van der Waals surface area contributed by atoms with Crippen molar-refractivity contribution in [2.75, 3.05) is 131 Å². The number of carbonyl (C=O) groups excluding carboxylic acids is 6. The summed E-state index contributed by atoms with van der Waals surface area (Å²) in [7, 11) is 3.75. The van der Waals surface area contributed by atoms with Crippen LogP contribution >= 0.6 is 0 Å². The summed E-state index contributed by atoms with van der Waals surface area (Å²) in [5.74, 6) is 3.24. The number of rotatable bonds is 19. The molecule has 0 radical (unpaired) electrons. The highest BCUT2D eigenvalue weighted by molar-refractivity contribution is 5.97. The van der Waals surface area contributed by atoms with E-state index in [2.05, 4.69) is 142 Å². The second-order valence-electron chi connectivity index (χ2n) is 31.9. The number of nitrogens with zero attached hydrogens (tertiary/aromatic N) is 7. The minimum Gasteiger partial charge on any atom is -0.444 e. The standard InChI is InChI=1S/C17H19NO2.2C15H22N2O.2C14H19NO2.C14H20O2.C8H10FN/c1-13(2)15-8-10-16(11-9-15)18-17(19)20-12-14-6-4-3-5-7-14;1-12(2)13-4-6-14(7-5-13)15(18)17-10-8-16(3)9-11-17;1-12(2)16-7-9-17(10-8-16)15(18)14-6-4-5-13(3)11-14;1-11(2)12-3-5-13(6-4-12)14(16)15-7-9-17-10-8-15;1-11(2)12-4-3-5-13(10-12)14(16)15-6-8-17-9-7-15;1-11(2)12-6-8-13(9-7-12)14(15)5-4-10-16-3;1-6(2)7-3-4-8(9)10-5-7/h3-11,13H,12H2,1-2H3,(H,18,19);4-7,12H,8-11H2,1-3H3;4-6,11-12H,7-10H2,1-3H3;3-6,11H,7-10H2,1-2H3;3-5,10-11H,6-9H2,1-2H3;6-9,11H,4-5,10H2,1-3H3;3-6H,1-2H3. The van der Waals surface area contributed by atoms with Gasteiger partial charge in [0.15, 0.2) is 5.78 Å². The Hall–Kier alpha value is -9.76. The lowest BCUT2D eigenvalue weighted by Crippen LogP contribution is -2.50. The number of hydrogen-bond acceptors (Lipinski definition) is 13. The highest BCUT2D eigenvalue weighted by Crippen LogP contribution is 2.23. The van der Waals surface area contributed by atoms with Crippen molar-refractivity contribution >= 4 is 41.2 Å². The van der Waals surface area contributed by atoms with E-state index in [1.54, 1.807) is 19.4 Å². The van der Waals surface area contributed by atoms with E-state index < -0.39 is 12.0 Å². The molecule has 4 aliphatic rings. The van der Waals surface area contributed by atoms with Gasteiger partial charge in [-0.05, 0) is 175 Å². The van der Waals surface area contributed by atoms with Crippen molar-refractivity contribution in [3.8, 4) is 0 Å². The van der Waals surface area contributed by atoms with Crippen molar-refractivity contribution in [1.29, 1.82) is 0 Å². The smallest absolute Gasteiger partial charge is 0.411 e. The lowest BCUT2D eigenvalue weighted by molar-refractivity contribution is 0.0301. The minimum absolute atomic E-state index is 0.114. The summed E-state index contributed by atoms with van der Waals surface area (Å²) in [5, 5.41) is 2.72. The molecule has 0 bridgehead atoms. The van der Waals surface area contributed by atoms with E-state index in [1.165, 1.54) is 33.9 Å². The molecule has 4 aliphatic heterocycles. The first-order chi connectivity index (χ1) is 55.5. The average molecular weight is 1590 g/mol. The predicted molar refractivity (Wildman–Crippen MR) is 467 cm³/mol. The molecule has 5 amide bonds. The molecule has 0 unspecified atom stereocenters. The number of benzene rings is 7. The van der Waals surface area contributed by atoms with Gasteiger partial charge in [-0.2, -0.15) is 4.39 Å². The molecule has 0 spiro atoms. The number of hydrogen-bond donors (Lipinski definition) is 1.